The summed E-state index contributed by atoms with van der Waals surface area (Å²) in [5.41, 5.74) is 2.96. The fraction of sp³-hybridized carbons (Fsp3) is 0.362. The molecule has 12 nitrogen and oxygen atoms in total. The van der Waals surface area contributed by atoms with Crippen molar-refractivity contribution in [2.75, 3.05) is 0 Å². The summed E-state index contributed by atoms with van der Waals surface area (Å²) in [5.74, 6) is -8.96. The number of rotatable bonds is 14. The Hall–Kier alpha value is -6.00. The summed E-state index contributed by atoms with van der Waals surface area (Å²) < 4.78 is 58.1. The zero-order chi connectivity index (χ0) is 46.7. The van der Waals surface area contributed by atoms with Crippen molar-refractivity contribution in [2.24, 2.45) is 17.8 Å². The van der Waals surface area contributed by atoms with Crippen molar-refractivity contribution in [3.05, 3.63) is 141 Å². The highest BCUT2D eigenvalue weighted by Crippen LogP contribution is 2.43. The van der Waals surface area contributed by atoms with E-state index in [0.717, 1.165) is 21.6 Å². The third-order valence-electron chi connectivity index (χ3n) is 12.7. The van der Waals surface area contributed by atoms with Crippen LogP contribution in [0.5, 0.6) is 0 Å². The second kappa shape index (κ2) is 19.6. The first-order chi connectivity index (χ1) is 30.9. The summed E-state index contributed by atoms with van der Waals surface area (Å²) in [7, 11) is 0. The van der Waals surface area contributed by atoms with E-state index in [4.69, 9.17) is 23.2 Å². The number of carbonyl (C=O) groups is 6. The molecule has 0 radical (unpaired) electrons. The molecule has 3 fully saturated rings. The van der Waals surface area contributed by atoms with E-state index in [1.54, 1.807) is 36.4 Å². The van der Waals surface area contributed by atoms with Crippen LogP contribution in [0.4, 0.5) is 27.2 Å². The molecular formula is C47H44Cl2F4N4O8. The van der Waals surface area contributed by atoms with Crippen molar-refractivity contribution < 1.29 is 56.5 Å². The fourth-order valence-corrected chi connectivity index (χ4v) is 9.87. The molecule has 5 atom stereocenters. The smallest absolute Gasteiger partial charge is 0.408 e. The van der Waals surface area contributed by atoms with E-state index in [0.29, 0.717) is 10.6 Å². The van der Waals surface area contributed by atoms with Gasteiger partial charge in [-0.2, -0.15) is 13.2 Å². The van der Waals surface area contributed by atoms with Gasteiger partial charge in [-0.25, -0.2) is 33.4 Å². The standard InChI is InChI=1S/C47H44Cl2F4N4O8/c48-32-23-25(14-20-33-38(43(60)61)56(41(33)58)45(64)54-37(28-8-3-1-4-9-28)29-10-5-2-6-11-29)22-31(24-32)26-15-17-30(18-16-26)40(47(51,52)53)55-46(65)57-39(44(62)63)34(42(57)59)21-19-27-12-7-13-35(49)36(27)50/h1-13,22-24,26,30,33-34,37-40H,14-21H2,(H,54,64)(H,55,65)(H,60,61)(H,62,63)/t26?,30?,33-,34-,38+,39+,40+/m1/s1. The minimum atomic E-state index is -4.94. The molecule has 3 aliphatic rings. The highest BCUT2D eigenvalue weighted by Gasteiger charge is 2.57. The van der Waals surface area contributed by atoms with Crippen LogP contribution in [0.1, 0.15) is 78.3 Å². The third kappa shape index (κ3) is 10.1. The van der Waals surface area contributed by atoms with E-state index < -0.39 is 89.7 Å². The van der Waals surface area contributed by atoms with E-state index >= 15 is 0 Å². The molecule has 7 rings (SSSR count). The molecule has 1 aliphatic carbocycles. The number of benzene rings is 4. The number of imide groups is 2. The summed E-state index contributed by atoms with van der Waals surface area (Å²) in [5, 5.41) is 24.9. The van der Waals surface area contributed by atoms with Gasteiger partial charge in [0.05, 0.1) is 22.9 Å². The van der Waals surface area contributed by atoms with Crippen LogP contribution in [0, 0.1) is 23.6 Å². The first-order valence-electron chi connectivity index (χ1n) is 21.1. The normalized spacial score (nSPS) is 22.4. The Bertz CT molecular complexity index is 2420. The summed E-state index contributed by atoms with van der Waals surface area (Å²) in [6, 6.07) is 18.8. The molecular weight excluding hydrogens is 895 g/mol. The van der Waals surface area contributed by atoms with Crippen LogP contribution in [-0.4, -0.2) is 80.1 Å². The molecule has 342 valence electrons. The number of alkyl halides is 3. The van der Waals surface area contributed by atoms with E-state index in [1.165, 1.54) is 18.2 Å². The summed E-state index contributed by atoms with van der Waals surface area (Å²) in [6.07, 6.45) is -4.41. The number of likely N-dealkylation sites (tertiary alicyclic amines) is 2. The zero-order valence-electron chi connectivity index (χ0n) is 34.5. The molecule has 1 saturated carbocycles. The highest BCUT2D eigenvalue weighted by atomic mass is 35.5. The van der Waals surface area contributed by atoms with Gasteiger partial charge >= 0.3 is 30.2 Å². The summed E-state index contributed by atoms with van der Waals surface area (Å²) in [6.45, 7) is 0. The number of urea groups is 2. The maximum atomic E-state index is 14.6. The number of aliphatic carboxylic acids is 2. The van der Waals surface area contributed by atoms with E-state index in [2.05, 4.69) is 5.32 Å². The number of carbonyl (C=O) groups excluding carboxylic acids is 4. The minimum absolute atomic E-state index is 0.00523. The monoisotopic (exact) mass is 938 g/mol. The number of aryl methyl sites for hydroxylation is 2. The quantitative estimate of drug-likeness (QED) is 0.0717. The molecule has 2 heterocycles. The van der Waals surface area contributed by atoms with E-state index in [-0.39, 0.29) is 72.8 Å². The van der Waals surface area contributed by atoms with Gasteiger partial charge in [0.1, 0.15) is 11.9 Å². The number of nitrogens with one attached hydrogen (secondary N) is 2. The minimum Gasteiger partial charge on any atom is -0.480 e. The fourth-order valence-electron chi connectivity index (χ4n) is 9.41. The molecule has 2 saturated heterocycles. The number of hydrogen-bond acceptors (Lipinski definition) is 6. The van der Waals surface area contributed by atoms with Gasteiger partial charge in [-0.05, 0) is 109 Å². The lowest BCUT2D eigenvalue weighted by molar-refractivity contribution is -0.173. The predicted molar refractivity (Wildman–Crippen MR) is 229 cm³/mol. The van der Waals surface area contributed by atoms with Gasteiger partial charge in [-0.1, -0.05) is 102 Å². The number of amides is 6. The van der Waals surface area contributed by atoms with E-state index in [9.17, 15) is 56.5 Å². The predicted octanol–water partition coefficient (Wildman–Crippen LogP) is 8.93. The van der Waals surface area contributed by atoms with Gasteiger partial charge in [-0.15, -0.1) is 0 Å². The van der Waals surface area contributed by atoms with Crippen LogP contribution in [0.25, 0.3) is 0 Å². The molecule has 65 heavy (non-hydrogen) atoms. The molecule has 4 aromatic rings. The molecule has 4 aromatic carbocycles. The van der Waals surface area contributed by atoms with Crippen LogP contribution in [0.3, 0.4) is 0 Å². The van der Waals surface area contributed by atoms with Crippen molar-refractivity contribution in [1.82, 2.24) is 20.4 Å². The Kier molecular flexibility index (Phi) is 14.2. The summed E-state index contributed by atoms with van der Waals surface area (Å²) >= 11 is 12.3. The third-order valence-corrected chi connectivity index (χ3v) is 13.2. The van der Waals surface area contributed by atoms with Gasteiger partial charge in [-0.3, -0.25) is 9.59 Å². The SMILES string of the molecule is O=C(O)[C@@H]1[C@@H](CCc2cc(Cl)cc(C3CCC([C@H](NC(=O)N4C(=O)[C@H](CCc5cccc(Cl)c5F)[C@H]4C(=O)O)C(F)(F)F)CC3)c2)C(=O)N1C(=O)NC(c1ccccc1)c1ccccc1. The van der Waals surface area contributed by atoms with Gasteiger partial charge in [0, 0.05) is 5.02 Å². The van der Waals surface area contributed by atoms with Gasteiger partial charge in [0.15, 0.2) is 12.1 Å². The lowest BCUT2D eigenvalue weighted by Gasteiger charge is -2.44. The van der Waals surface area contributed by atoms with Crippen LogP contribution in [0.2, 0.25) is 10.0 Å². The second-order valence-corrected chi connectivity index (χ2v) is 17.5. The molecule has 0 aromatic heterocycles. The lowest BCUT2D eigenvalue weighted by Crippen LogP contribution is -2.69. The maximum absolute atomic E-state index is 14.6. The second-order valence-electron chi connectivity index (χ2n) is 16.7. The lowest BCUT2D eigenvalue weighted by atomic mass is 9.75. The average Bonchev–Trinajstić information content (AvgIpc) is 3.26. The van der Waals surface area contributed by atoms with Crippen molar-refractivity contribution in [2.45, 2.75) is 87.6 Å². The largest absolute Gasteiger partial charge is 0.480 e. The molecule has 6 amide bonds. The Morgan fingerprint density at radius 1 is 0.692 bits per heavy atom. The van der Waals surface area contributed by atoms with Crippen molar-refractivity contribution in [3.63, 3.8) is 0 Å². The van der Waals surface area contributed by atoms with Gasteiger partial charge in [0.2, 0.25) is 11.8 Å². The molecule has 18 heteroatoms. The number of carboxylic acids is 2. The first-order valence-corrected chi connectivity index (χ1v) is 21.8. The Labute approximate surface area is 380 Å². The first kappa shape index (κ1) is 47.0. The number of carboxylic acid groups (broad SMARTS) is 2. The molecule has 0 unspecified atom stereocenters. The number of nitrogens with zero attached hydrogens (tertiary/aromatic N) is 2. The Morgan fingerprint density at radius 3 is 1.74 bits per heavy atom. The zero-order valence-corrected chi connectivity index (χ0v) is 36.0. The maximum Gasteiger partial charge on any atom is 0.408 e. The van der Waals surface area contributed by atoms with E-state index in [1.807, 2.05) is 47.8 Å². The molecule has 4 N–H and O–H groups in total. The number of β-lactam (4-membered cyclic amide) rings is 2. The molecule has 2 aliphatic heterocycles. The summed E-state index contributed by atoms with van der Waals surface area (Å²) in [4.78, 5) is 78.8. The van der Waals surface area contributed by atoms with Crippen LogP contribution < -0.4 is 10.6 Å². The van der Waals surface area contributed by atoms with Crippen LogP contribution >= 0.6 is 23.2 Å². The Morgan fingerprint density at radius 2 is 1.22 bits per heavy atom. The Balaban J connectivity index is 0.955. The molecule has 0 bridgehead atoms. The van der Waals surface area contributed by atoms with Crippen LogP contribution in [0.15, 0.2) is 97.1 Å². The van der Waals surface area contributed by atoms with Crippen molar-refractivity contribution in [3.8, 4) is 0 Å². The van der Waals surface area contributed by atoms with Crippen molar-refractivity contribution >= 4 is 59.0 Å². The molecule has 0 spiro atoms. The average molecular weight is 940 g/mol. The highest BCUT2D eigenvalue weighted by molar-refractivity contribution is 6.31. The number of hydrogen-bond donors (Lipinski definition) is 4. The van der Waals surface area contributed by atoms with Crippen LogP contribution in [-0.2, 0) is 32.0 Å². The van der Waals surface area contributed by atoms with Gasteiger partial charge in [0.25, 0.3) is 0 Å². The van der Waals surface area contributed by atoms with Gasteiger partial charge < -0.3 is 20.8 Å². The topological polar surface area (TPSA) is 173 Å². The number of halogens is 6. The van der Waals surface area contributed by atoms with Crippen molar-refractivity contribution in [1.29, 1.82) is 0 Å².